The van der Waals surface area contributed by atoms with E-state index in [1.807, 2.05) is 55.2 Å². The Morgan fingerprint density at radius 3 is 1.17 bits per heavy atom. The van der Waals surface area contributed by atoms with E-state index in [2.05, 4.69) is 66.2 Å². The van der Waals surface area contributed by atoms with Crippen molar-refractivity contribution in [2.24, 2.45) is 22.2 Å². The van der Waals surface area contributed by atoms with E-state index in [1.165, 1.54) is 18.2 Å². The normalized spacial score (nSPS) is 20.2. The Balaban J connectivity index is 0.000000138. The van der Waals surface area contributed by atoms with E-state index < -0.39 is 17.5 Å². The van der Waals surface area contributed by atoms with E-state index in [0.29, 0.717) is 53.7 Å². The van der Waals surface area contributed by atoms with Crippen molar-refractivity contribution in [2.45, 2.75) is 169 Å². The van der Waals surface area contributed by atoms with Gasteiger partial charge in [0.2, 0.25) is 35.6 Å². The second kappa shape index (κ2) is 18.8. The van der Waals surface area contributed by atoms with E-state index in [9.17, 15) is 27.6 Å². The molecular weight excluding hydrogens is 958 g/mol. The number of carbonyl (C=O) groups excluding carboxylic acids is 3. The van der Waals surface area contributed by atoms with Crippen molar-refractivity contribution in [3.8, 4) is 0 Å². The van der Waals surface area contributed by atoms with Crippen molar-refractivity contribution in [3.63, 3.8) is 0 Å². The van der Waals surface area contributed by atoms with Crippen LogP contribution in [0.25, 0.3) is 47.6 Å². The monoisotopic (exact) mass is 1020 g/mol. The lowest BCUT2D eigenvalue weighted by molar-refractivity contribution is -0.118. The van der Waals surface area contributed by atoms with Gasteiger partial charge in [0, 0.05) is 35.9 Å². The van der Waals surface area contributed by atoms with Crippen molar-refractivity contribution in [3.05, 3.63) is 88.1 Å². The molecule has 3 N–H and O–H groups in total. The van der Waals surface area contributed by atoms with Gasteiger partial charge >= 0.3 is 0 Å². The minimum absolute atomic E-state index is 0.0726. The number of imidazole rings is 3. The molecule has 6 aliphatic carbocycles. The smallest absolute Gasteiger partial charge is 0.227 e. The topological polar surface area (TPSA) is 154 Å². The van der Waals surface area contributed by atoms with Gasteiger partial charge in [-0.3, -0.25) is 30.3 Å². The zero-order valence-corrected chi connectivity index (χ0v) is 44.3. The summed E-state index contributed by atoms with van der Waals surface area (Å²) in [7, 11) is 0. The molecule has 3 aromatic carbocycles. The van der Waals surface area contributed by atoms with Crippen molar-refractivity contribution in [1.29, 1.82) is 0 Å². The molecule has 15 nitrogen and oxygen atoms in total. The van der Waals surface area contributed by atoms with E-state index in [0.717, 1.165) is 76.5 Å². The number of fused-ring (bicyclic) bond motifs is 3. The number of hydrogen-bond acceptors (Lipinski definition) is 6. The molecule has 0 aliphatic heterocycles. The van der Waals surface area contributed by atoms with Crippen LogP contribution < -0.4 is 16.0 Å². The number of nitrogens with one attached hydrogen (secondary N) is 3. The maximum absolute atomic E-state index is 14.4. The minimum Gasteiger partial charge on any atom is -0.305 e. The molecule has 6 aliphatic rings. The van der Waals surface area contributed by atoms with Crippen LogP contribution >= 0.6 is 0 Å². The van der Waals surface area contributed by atoms with E-state index >= 15 is 0 Å². The molecule has 6 aromatic rings. The van der Waals surface area contributed by atoms with Crippen LogP contribution in [0.4, 0.5) is 48.1 Å². The van der Waals surface area contributed by atoms with E-state index in [1.54, 1.807) is 18.2 Å². The molecule has 0 unspecified atom stereocenters. The lowest BCUT2D eigenvalue weighted by atomic mass is 9.49. The summed E-state index contributed by atoms with van der Waals surface area (Å²) in [6.07, 6.45) is 12.3. The van der Waals surface area contributed by atoms with Crippen molar-refractivity contribution >= 4 is 85.7 Å². The maximum atomic E-state index is 14.4. The summed E-state index contributed by atoms with van der Waals surface area (Å²) in [5.41, 5.74) is 2.47. The van der Waals surface area contributed by atoms with Gasteiger partial charge in [0.25, 0.3) is 0 Å². The number of aromatic nitrogens is 6. The lowest BCUT2D eigenvalue weighted by Crippen LogP contribution is -2.59. The summed E-state index contributed by atoms with van der Waals surface area (Å²) in [4.78, 5) is 60.4. The molecule has 6 fully saturated rings. The summed E-state index contributed by atoms with van der Waals surface area (Å²) in [5, 5.41) is 8.66. The third-order valence-electron chi connectivity index (χ3n) is 15.7. The SMILES string of the molecule is [C-]#[N+]c1cc(F)c2nc(NC(=O)CC(C)(C)C)n(C3(C)CCC3)c2c1.[C-]#[N+]c1cc(F)c2nc(NC(=O)CC(C)(C)C)n(C34CC(C3)C4)c2c1.[C-]#[N+]c1cc(F)c2nc(NC(=O)CC3(C)CC3)n(C3(C)CCC3)c2c1. The van der Waals surface area contributed by atoms with E-state index in [-0.39, 0.29) is 84.2 Å². The summed E-state index contributed by atoms with van der Waals surface area (Å²) >= 11 is 0. The first-order valence-electron chi connectivity index (χ1n) is 25.9. The fourth-order valence-corrected chi connectivity index (χ4v) is 11.2. The number of nitrogens with zero attached hydrogens (tertiary/aromatic N) is 9. The molecule has 0 saturated heterocycles. The van der Waals surface area contributed by atoms with Gasteiger partial charge in [0.15, 0.2) is 17.1 Å². The van der Waals surface area contributed by atoms with Crippen LogP contribution in [0.3, 0.4) is 0 Å². The van der Waals surface area contributed by atoms with Gasteiger partial charge in [-0.2, -0.15) is 0 Å². The van der Waals surface area contributed by atoms with E-state index in [4.69, 9.17) is 19.7 Å². The fourth-order valence-electron chi connectivity index (χ4n) is 11.2. The highest BCUT2D eigenvalue weighted by Crippen LogP contribution is 2.64. The molecule has 18 heteroatoms. The Morgan fingerprint density at radius 1 is 0.560 bits per heavy atom. The minimum atomic E-state index is -0.531. The highest BCUT2D eigenvalue weighted by molar-refractivity contribution is 5.95. The third kappa shape index (κ3) is 10.4. The third-order valence-corrected chi connectivity index (χ3v) is 15.7. The van der Waals surface area contributed by atoms with Crippen LogP contribution in [0.1, 0.15) is 152 Å². The molecule has 3 heterocycles. The van der Waals surface area contributed by atoms with Gasteiger partial charge in [-0.1, -0.05) is 48.5 Å². The van der Waals surface area contributed by atoms with Crippen molar-refractivity contribution in [2.75, 3.05) is 16.0 Å². The van der Waals surface area contributed by atoms with Crippen LogP contribution in [0, 0.1) is 59.3 Å². The van der Waals surface area contributed by atoms with Crippen LogP contribution in [-0.2, 0) is 31.0 Å². The number of hydrogen-bond donors (Lipinski definition) is 3. The Labute approximate surface area is 435 Å². The first-order valence-corrected chi connectivity index (χ1v) is 25.9. The Morgan fingerprint density at radius 2 is 0.893 bits per heavy atom. The molecule has 12 rings (SSSR count). The van der Waals surface area contributed by atoms with Crippen LogP contribution in [0.2, 0.25) is 0 Å². The van der Waals surface area contributed by atoms with Gasteiger partial charge in [0.05, 0.1) is 36.3 Å². The zero-order chi connectivity index (χ0) is 54.2. The lowest BCUT2D eigenvalue weighted by Gasteiger charge is -2.62. The van der Waals surface area contributed by atoms with Crippen molar-refractivity contribution in [1.82, 2.24) is 28.7 Å². The van der Waals surface area contributed by atoms with Crippen LogP contribution in [0.5, 0.6) is 0 Å². The first kappa shape index (κ1) is 52.6. The maximum Gasteiger partial charge on any atom is 0.227 e. The number of carbonyl (C=O) groups is 3. The Bertz CT molecular complexity index is 3100. The molecular formula is C57H65F3N12O3. The summed E-state index contributed by atoms with van der Waals surface area (Å²) in [6.45, 7) is 39.8. The molecule has 75 heavy (non-hydrogen) atoms. The number of halogens is 3. The fraction of sp³-hybridized carbons (Fsp3) is 0.526. The van der Waals surface area contributed by atoms with Crippen LogP contribution in [-0.4, -0.2) is 46.4 Å². The van der Waals surface area contributed by atoms with Crippen LogP contribution in [0.15, 0.2) is 36.4 Å². The second-order valence-corrected chi connectivity index (χ2v) is 25.0. The Kier molecular flexibility index (Phi) is 13.2. The molecule has 0 atom stereocenters. The predicted octanol–water partition coefficient (Wildman–Crippen LogP) is 14.4. The summed E-state index contributed by atoms with van der Waals surface area (Å²) in [5.74, 6) is -0.0103. The highest BCUT2D eigenvalue weighted by Gasteiger charge is 2.59. The van der Waals surface area contributed by atoms with Gasteiger partial charge < -0.3 is 13.7 Å². The second-order valence-electron chi connectivity index (χ2n) is 25.0. The zero-order valence-electron chi connectivity index (χ0n) is 44.3. The molecule has 3 aromatic heterocycles. The predicted molar refractivity (Wildman–Crippen MR) is 284 cm³/mol. The highest BCUT2D eigenvalue weighted by atomic mass is 19.1. The quantitative estimate of drug-likeness (QED) is 0.116. The average molecular weight is 1020 g/mol. The van der Waals surface area contributed by atoms with Crippen molar-refractivity contribution < 1.29 is 27.6 Å². The first-order chi connectivity index (χ1) is 35.2. The van der Waals surface area contributed by atoms with Gasteiger partial charge in [-0.25, -0.2) is 42.7 Å². The Hall–Kier alpha value is -7.26. The molecule has 6 saturated carbocycles. The molecule has 0 radical (unpaired) electrons. The molecule has 3 amide bonds. The summed E-state index contributed by atoms with van der Waals surface area (Å²) < 4.78 is 49.1. The summed E-state index contributed by atoms with van der Waals surface area (Å²) in [6, 6.07) is 8.60. The molecule has 2 bridgehead atoms. The number of anilines is 3. The number of benzene rings is 3. The van der Waals surface area contributed by atoms with Gasteiger partial charge in [-0.15, -0.1) is 0 Å². The number of amides is 3. The standard InChI is InChI=1S/2C19H21FN4O.C19H23FN4O/c1-18(2,3)10-15(25)22-17-23-16-13(20)5-12(21-4)6-14(16)24(17)19-7-11(8-19)9-19;1-18(7-8-18)11-15(25)22-17-23-16-13(20)9-12(21-3)10-14(16)24(17)19(2)5-4-6-19;1-18(2,3)11-15(25)22-17-23-16-13(20)9-12(21-5)10-14(16)24(17)19(4)7-6-8-19/h5-6,11H,7-10H2,1-3H3,(H,22,23,25);9-10H,4-8,11H2,1-2H3,(H,22,23,25);9-10H,6-8,11H2,1-4H3,(H,22,23,25). The van der Waals surface area contributed by atoms with Gasteiger partial charge in [-0.05, 0) is 143 Å². The molecule has 392 valence electrons. The largest absolute Gasteiger partial charge is 0.305 e. The average Bonchev–Trinajstić information content (AvgIpc) is 3.52. The molecule has 0 spiro atoms. The number of rotatable bonds is 10. The van der Waals surface area contributed by atoms with Gasteiger partial charge in [0.1, 0.15) is 34.0 Å².